The number of rotatable bonds is 12. The SMILES string of the molecule is CCOc1ccc(N(CCC#N)C(=O)COC(=O)c2ccccc2SCC(=O)NC(C)C)cc1. The van der Waals surface area contributed by atoms with Gasteiger partial charge in [-0.2, -0.15) is 5.26 Å². The van der Waals surface area contributed by atoms with Gasteiger partial charge in [-0.3, -0.25) is 9.59 Å². The van der Waals surface area contributed by atoms with Crippen LogP contribution in [0.5, 0.6) is 5.75 Å². The predicted molar refractivity (Wildman–Crippen MR) is 131 cm³/mol. The van der Waals surface area contributed by atoms with Crippen LogP contribution in [0.15, 0.2) is 53.4 Å². The molecule has 0 aliphatic heterocycles. The number of esters is 1. The largest absolute Gasteiger partial charge is 0.494 e. The van der Waals surface area contributed by atoms with E-state index in [9.17, 15) is 14.4 Å². The lowest BCUT2D eigenvalue weighted by Gasteiger charge is -2.22. The van der Waals surface area contributed by atoms with Crippen LogP contribution in [-0.4, -0.2) is 49.3 Å². The number of nitrogens with one attached hydrogen (secondary N) is 1. The van der Waals surface area contributed by atoms with Gasteiger partial charge in [0.2, 0.25) is 5.91 Å². The quantitative estimate of drug-likeness (QED) is 0.361. The summed E-state index contributed by atoms with van der Waals surface area (Å²) in [7, 11) is 0. The van der Waals surface area contributed by atoms with Crippen LogP contribution in [0.3, 0.4) is 0 Å². The molecule has 0 bridgehead atoms. The Kier molecular flexibility index (Phi) is 10.9. The maximum absolute atomic E-state index is 12.8. The first-order valence-corrected chi connectivity index (χ1v) is 11.9. The molecule has 0 saturated heterocycles. The van der Waals surface area contributed by atoms with Crippen molar-refractivity contribution < 1.29 is 23.9 Å². The molecule has 1 N–H and O–H groups in total. The molecule has 0 spiro atoms. The van der Waals surface area contributed by atoms with Crippen molar-refractivity contribution in [1.82, 2.24) is 5.32 Å². The molecule has 8 nitrogen and oxygen atoms in total. The van der Waals surface area contributed by atoms with E-state index in [1.807, 2.05) is 26.8 Å². The number of carbonyl (C=O) groups excluding carboxylic acids is 3. The summed E-state index contributed by atoms with van der Waals surface area (Å²) >= 11 is 1.22. The van der Waals surface area contributed by atoms with Crippen molar-refractivity contribution in [3.63, 3.8) is 0 Å². The van der Waals surface area contributed by atoms with Crippen molar-refractivity contribution in [3.8, 4) is 11.8 Å². The Bertz CT molecular complexity index is 1020. The van der Waals surface area contributed by atoms with E-state index in [0.29, 0.717) is 22.9 Å². The number of ether oxygens (including phenoxy) is 2. The zero-order chi connectivity index (χ0) is 24.9. The lowest BCUT2D eigenvalue weighted by molar-refractivity contribution is -0.121. The summed E-state index contributed by atoms with van der Waals surface area (Å²) in [6, 6.07) is 15.7. The van der Waals surface area contributed by atoms with Crippen LogP contribution in [0.1, 0.15) is 37.6 Å². The highest BCUT2D eigenvalue weighted by atomic mass is 32.2. The van der Waals surface area contributed by atoms with E-state index in [4.69, 9.17) is 14.7 Å². The highest BCUT2D eigenvalue weighted by Gasteiger charge is 2.20. The van der Waals surface area contributed by atoms with Crippen molar-refractivity contribution in [1.29, 1.82) is 5.26 Å². The van der Waals surface area contributed by atoms with Gasteiger partial charge in [0.25, 0.3) is 5.91 Å². The number of nitriles is 1. The maximum Gasteiger partial charge on any atom is 0.339 e. The number of thioether (sulfide) groups is 1. The second kappa shape index (κ2) is 13.9. The van der Waals surface area contributed by atoms with Gasteiger partial charge in [0.15, 0.2) is 6.61 Å². The molecule has 9 heteroatoms. The third kappa shape index (κ3) is 8.45. The molecule has 0 radical (unpaired) electrons. The Morgan fingerprint density at radius 1 is 1.12 bits per heavy atom. The van der Waals surface area contributed by atoms with E-state index in [0.717, 1.165) is 0 Å². The fraction of sp³-hybridized carbons (Fsp3) is 0.360. The molecule has 0 aliphatic rings. The first-order valence-electron chi connectivity index (χ1n) is 10.9. The van der Waals surface area contributed by atoms with Crippen molar-refractivity contribution in [3.05, 3.63) is 54.1 Å². The summed E-state index contributed by atoms with van der Waals surface area (Å²) in [6.07, 6.45) is 0.130. The number of amides is 2. The molecule has 2 aromatic carbocycles. The first-order chi connectivity index (χ1) is 16.3. The Balaban J connectivity index is 2.04. The number of benzene rings is 2. The molecular formula is C25H29N3O5S. The third-order valence-corrected chi connectivity index (χ3v) is 5.52. The summed E-state index contributed by atoms with van der Waals surface area (Å²) < 4.78 is 10.7. The van der Waals surface area contributed by atoms with Crippen molar-refractivity contribution in [2.45, 2.75) is 38.1 Å². The second-order valence-corrected chi connectivity index (χ2v) is 8.48. The van der Waals surface area contributed by atoms with Crippen LogP contribution < -0.4 is 15.0 Å². The summed E-state index contributed by atoms with van der Waals surface area (Å²) in [6.45, 7) is 5.83. The molecular weight excluding hydrogens is 454 g/mol. The minimum atomic E-state index is -0.660. The van der Waals surface area contributed by atoms with Gasteiger partial charge in [-0.25, -0.2) is 4.79 Å². The number of nitrogens with zero attached hydrogens (tertiary/aromatic N) is 2. The Hall–Kier alpha value is -3.51. The first kappa shape index (κ1) is 26.7. The molecule has 2 rings (SSSR count). The number of anilines is 1. The van der Waals surface area contributed by atoms with Gasteiger partial charge >= 0.3 is 5.97 Å². The standard InChI is InChI=1S/C25H29N3O5S/c1-4-32-20-12-10-19(11-13-20)28(15-7-14-26)24(30)16-33-25(31)21-8-5-6-9-22(21)34-17-23(29)27-18(2)3/h5-6,8-13,18H,4,7,15-17H2,1-3H3,(H,27,29). The van der Waals surface area contributed by atoms with Crippen molar-refractivity contribution in [2.24, 2.45) is 0 Å². The van der Waals surface area contributed by atoms with Crippen LogP contribution in [0.25, 0.3) is 0 Å². The van der Waals surface area contributed by atoms with Crippen molar-refractivity contribution >= 4 is 35.2 Å². The van der Waals surface area contributed by atoms with Gasteiger partial charge in [-0.15, -0.1) is 11.8 Å². The zero-order valence-corrected chi connectivity index (χ0v) is 20.4. The van der Waals surface area contributed by atoms with Gasteiger partial charge in [0, 0.05) is 23.2 Å². The van der Waals surface area contributed by atoms with Gasteiger partial charge in [-0.1, -0.05) is 12.1 Å². The van der Waals surface area contributed by atoms with E-state index in [1.165, 1.54) is 16.7 Å². The van der Waals surface area contributed by atoms with Gasteiger partial charge in [-0.05, 0) is 57.2 Å². The molecule has 0 aromatic heterocycles. The fourth-order valence-electron chi connectivity index (χ4n) is 3.00. The number of hydrogen-bond donors (Lipinski definition) is 1. The topological polar surface area (TPSA) is 109 Å². The molecule has 180 valence electrons. The third-order valence-electron chi connectivity index (χ3n) is 4.45. The molecule has 2 aromatic rings. The van der Waals surface area contributed by atoms with Gasteiger partial charge in [0.05, 0.1) is 30.4 Å². The van der Waals surface area contributed by atoms with Gasteiger partial charge in [0.1, 0.15) is 5.75 Å². The summed E-state index contributed by atoms with van der Waals surface area (Å²) in [4.78, 5) is 39.5. The molecule has 0 fully saturated rings. The Morgan fingerprint density at radius 3 is 2.47 bits per heavy atom. The second-order valence-electron chi connectivity index (χ2n) is 7.46. The van der Waals surface area contributed by atoms with Crippen LogP contribution in [-0.2, 0) is 14.3 Å². The Morgan fingerprint density at radius 2 is 1.82 bits per heavy atom. The lowest BCUT2D eigenvalue weighted by atomic mass is 10.2. The lowest BCUT2D eigenvalue weighted by Crippen LogP contribution is -2.35. The minimum absolute atomic E-state index is 0.0266. The number of carbonyl (C=O) groups is 3. The van der Waals surface area contributed by atoms with Crippen LogP contribution in [0.4, 0.5) is 5.69 Å². The molecule has 0 atom stereocenters. The average Bonchev–Trinajstić information content (AvgIpc) is 2.82. The normalized spacial score (nSPS) is 10.3. The van der Waals surface area contributed by atoms with Crippen LogP contribution in [0.2, 0.25) is 0 Å². The average molecular weight is 484 g/mol. The number of hydrogen-bond acceptors (Lipinski definition) is 7. The van der Waals surface area contributed by atoms with E-state index < -0.39 is 18.5 Å². The van der Waals surface area contributed by atoms with E-state index in [2.05, 4.69) is 5.32 Å². The maximum atomic E-state index is 12.8. The molecule has 2 amide bonds. The Labute approximate surface area is 204 Å². The van der Waals surface area contributed by atoms with E-state index in [-0.39, 0.29) is 36.2 Å². The van der Waals surface area contributed by atoms with Gasteiger partial charge < -0.3 is 19.7 Å². The fourth-order valence-corrected chi connectivity index (χ4v) is 3.85. The van der Waals surface area contributed by atoms with E-state index in [1.54, 1.807) is 48.5 Å². The summed E-state index contributed by atoms with van der Waals surface area (Å²) in [5.74, 6) is -0.425. The van der Waals surface area contributed by atoms with Crippen LogP contribution >= 0.6 is 11.8 Å². The van der Waals surface area contributed by atoms with Crippen molar-refractivity contribution in [2.75, 3.05) is 30.4 Å². The molecule has 0 unspecified atom stereocenters. The predicted octanol–water partition coefficient (Wildman–Crippen LogP) is 3.81. The zero-order valence-electron chi connectivity index (χ0n) is 19.6. The smallest absolute Gasteiger partial charge is 0.339 e. The summed E-state index contributed by atoms with van der Waals surface area (Å²) in [5.41, 5.74) is 0.856. The van der Waals surface area contributed by atoms with Crippen LogP contribution in [0, 0.1) is 11.3 Å². The molecule has 0 aliphatic carbocycles. The molecule has 0 heterocycles. The molecule has 0 saturated carbocycles. The highest BCUT2D eigenvalue weighted by Crippen LogP contribution is 2.24. The minimum Gasteiger partial charge on any atom is -0.494 e. The monoisotopic (exact) mass is 483 g/mol. The van der Waals surface area contributed by atoms with E-state index >= 15 is 0 Å². The summed E-state index contributed by atoms with van der Waals surface area (Å²) in [5, 5.41) is 11.8. The molecule has 34 heavy (non-hydrogen) atoms. The highest BCUT2D eigenvalue weighted by molar-refractivity contribution is 8.00.